The van der Waals surface area contributed by atoms with E-state index in [-0.39, 0.29) is 5.41 Å². The Hall–Kier alpha value is -0.920. The number of aliphatic imine (C=N–C) groups is 2. The summed E-state index contributed by atoms with van der Waals surface area (Å²) in [5.74, 6) is 0. The van der Waals surface area contributed by atoms with Crippen LogP contribution in [0.2, 0.25) is 0 Å². The lowest BCUT2D eigenvalue weighted by molar-refractivity contribution is 0.592. The molecular weight excluding hydrogens is 148 g/mol. The maximum absolute atomic E-state index is 4.24. The van der Waals surface area contributed by atoms with Gasteiger partial charge in [0, 0.05) is 18.2 Å². The number of allylic oxidation sites excluding steroid dienone is 1. The number of nitrogens with zero attached hydrogens (tertiary/aromatic N) is 2. The van der Waals surface area contributed by atoms with Gasteiger partial charge in [-0.3, -0.25) is 4.99 Å². The molecular formula is C10H18N2. The summed E-state index contributed by atoms with van der Waals surface area (Å²) in [7, 11) is 1.71. The average molecular weight is 166 g/mol. The summed E-state index contributed by atoms with van der Waals surface area (Å²) in [5, 5.41) is 0. The van der Waals surface area contributed by atoms with Gasteiger partial charge in [-0.1, -0.05) is 27.4 Å². The van der Waals surface area contributed by atoms with Crippen molar-refractivity contribution in [1.82, 2.24) is 0 Å². The Morgan fingerprint density at radius 2 is 1.83 bits per heavy atom. The third-order valence-electron chi connectivity index (χ3n) is 1.42. The fourth-order valence-corrected chi connectivity index (χ4v) is 1.06. The minimum absolute atomic E-state index is 0.0486. The van der Waals surface area contributed by atoms with Gasteiger partial charge in [-0.15, -0.1) is 0 Å². The normalized spacial score (nSPS) is 13.9. The summed E-state index contributed by atoms with van der Waals surface area (Å²) >= 11 is 0. The highest BCUT2D eigenvalue weighted by molar-refractivity contribution is 6.06. The molecule has 0 saturated heterocycles. The van der Waals surface area contributed by atoms with Gasteiger partial charge in [0.25, 0.3) is 0 Å². The van der Waals surface area contributed by atoms with E-state index < -0.39 is 0 Å². The molecule has 0 rings (SSSR count). The van der Waals surface area contributed by atoms with Gasteiger partial charge in [-0.05, 0) is 12.5 Å². The van der Waals surface area contributed by atoms with E-state index in [1.165, 1.54) is 0 Å². The van der Waals surface area contributed by atoms with E-state index in [0.717, 1.165) is 11.3 Å². The molecule has 0 aromatic rings. The topological polar surface area (TPSA) is 24.7 Å². The molecule has 0 unspecified atom stereocenters. The number of rotatable bonds is 2. The van der Waals surface area contributed by atoms with Crippen LogP contribution in [0.15, 0.2) is 22.1 Å². The summed E-state index contributed by atoms with van der Waals surface area (Å²) in [4.78, 5) is 8.06. The van der Waals surface area contributed by atoms with Crippen molar-refractivity contribution in [3.05, 3.63) is 12.2 Å². The molecule has 0 radical (unpaired) electrons. The van der Waals surface area contributed by atoms with Gasteiger partial charge < -0.3 is 0 Å². The molecule has 0 aliphatic heterocycles. The van der Waals surface area contributed by atoms with Gasteiger partial charge in [0.2, 0.25) is 0 Å². The SMILES string of the molecule is C=C(C)C(=NC=NC)C(C)(C)C. The summed E-state index contributed by atoms with van der Waals surface area (Å²) < 4.78 is 0. The van der Waals surface area contributed by atoms with E-state index in [1.54, 1.807) is 13.4 Å². The number of hydrogen-bond donors (Lipinski definition) is 0. The predicted molar refractivity (Wildman–Crippen MR) is 56.1 cm³/mol. The highest BCUT2D eigenvalue weighted by atomic mass is 14.8. The Labute approximate surface area is 75.1 Å². The largest absolute Gasteiger partial charge is 0.277 e. The standard InChI is InChI=1S/C10H18N2/c1-8(2)9(10(3,4)5)12-7-11-6/h7H,1H2,2-6H3. The Morgan fingerprint density at radius 3 is 2.08 bits per heavy atom. The molecule has 0 heterocycles. The molecule has 0 aliphatic rings. The lowest BCUT2D eigenvalue weighted by atomic mass is 9.86. The summed E-state index contributed by atoms with van der Waals surface area (Å²) in [6, 6.07) is 0. The molecule has 0 amide bonds. The van der Waals surface area contributed by atoms with Crippen LogP contribution in [0.1, 0.15) is 27.7 Å². The Bertz CT molecular complexity index is 216. The van der Waals surface area contributed by atoms with Crippen molar-refractivity contribution in [2.24, 2.45) is 15.4 Å². The van der Waals surface area contributed by atoms with E-state index in [9.17, 15) is 0 Å². The summed E-state index contributed by atoms with van der Waals surface area (Å²) in [5.41, 5.74) is 2.06. The smallest absolute Gasteiger partial charge is 0.109 e. The molecule has 0 saturated carbocycles. The first-order valence-electron chi connectivity index (χ1n) is 4.04. The Kier molecular flexibility index (Phi) is 3.87. The average Bonchev–Trinajstić information content (AvgIpc) is 1.84. The molecule has 2 nitrogen and oxygen atoms in total. The molecule has 2 heteroatoms. The highest BCUT2D eigenvalue weighted by Gasteiger charge is 2.18. The molecule has 0 aromatic carbocycles. The molecule has 0 aromatic heterocycles. The molecule has 0 N–H and O–H groups in total. The van der Waals surface area contributed by atoms with Gasteiger partial charge in [0.15, 0.2) is 0 Å². The summed E-state index contributed by atoms with van der Waals surface area (Å²) in [6.45, 7) is 12.2. The third-order valence-corrected chi connectivity index (χ3v) is 1.42. The highest BCUT2D eigenvalue weighted by Crippen LogP contribution is 2.20. The van der Waals surface area contributed by atoms with Crippen LogP contribution in [-0.4, -0.2) is 19.1 Å². The van der Waals surface area contributed by atoms with E-state index in [1.807, 2.05) is 6.92 Å². The third kappa shape index (κ3) is 3.46. The van der Waals surface area contributed by atoms with Crippen molar-refractivity contribution in [3.8, 4) is 0 Å². The zero-order valence-corrected chi connectivity index (χ0v) is 8.68. The first-order valence-corrected chi connectivity index (χ1v) is 4.04. The van der Waals surface area contributed by atoms with Crippen molar-refractivity contribution in [1.29, 1.82) is 0 Å². The van der Waals surface area contributed by atoms with Crippen LogP contribution in [0, 0.1) is 5.41 Å². The fraction of sp³-hybridized carbons (Fsp3) is 0.600. The van der Waals surface area contributed by atoms with E-state index >= 15 is 0 Å². The Balaban J connectivity index is 4.80. The second-order valence-corrected chi connectivity index (χ2v) is 3.88. The zero-order valence-electron chi connectivity index (χ0n) is 8.68. The van der Waals surface area contributed by atoms with Crippen LogP contribution < -0.4 is 0 Å². The maximum Gasteiger partial charge on any atom is 0.109 e. The van der Waals surface area contributed by atoms with E-state index in [2.05, 4.69) is 37.3 Å². The monoisotopic (exact) mass is 166 g/mol. The van der Waals surface area contributed by atoms with Crippen LogP contribution in [0.5, 0.6) is 0 Å². The van der Waals surface area contributed by atoms with Crippen LogP contribution in [0.3, 0.4) is 0 Å². The van der Waals surface area contributed by atoms with Gasteiger partial charge in [0.05, 0.1) is 0 Å². The van der Waals surface area contributed by atoms with Crippen molar-refractivity contribution < 1.29 is 0 Å². The second kappa shape index (κ2) is 4.19. The van der Waals surface area contributed by atoms with Gasteiger partial charge >= 0.3 is 0 Å². The van der Waals surface area contributed by atoms with Gasteiger partial charge in [-0.2, -0.15) is 0 Å². The van der Waals surface area contributed by atoms with Crippen LogP contribution in [-0.2, 0) is 0 Å². The van der Waals surface area contributed by atoms with E-state index in [0.29, 0.717) is 0 Å². The molecule has 0 spiro atoms. The molecule has 0 bridgehead atoms. The predicted octanol–water partition coefficient (Wildman–Crippen LogP) is 2.71. The number of hydrogen-bond acceptors (Lipinski definition) is 1. The van der Waals surface area contributed by atoms with Gasteiger partial charge in [0.1, 0.15) is 6.34 Å². The first kappa shape index (κ1) is 11.1. The van der Waals surface area contributed by atoms with Crippen molar-refractivity contribution in [2.75, 3.05) is 7.05 Å². The van der Waals surface area contributed by atoms with Crippen LogP contribution in [0.4, 0.5) is 0 Å². The molecule has 0 aliphatic carbocycles. The Morgan fingerprint density at radius 1 is 1.33 bits per heavy atom. The molecule has 0 fully saturated rings. The lowest BCUT2D eigenvalue weighted by Crippen LogP contribution is -2.21. The van der Waals surface area contributed by atoms with Crippen LogP contribution >= 0.6 is 0 Å². The second-order valence-electron chi connectivity index (χ2n) is 3.88. The first-order chi connectivity index (χ1) is 5.39. The van der Waals surface area contributed by atoms with Crippen LogP contribution in [0.25, 0.3) is 0 Å². The zero-order chi connectivity index (χ0) is 9.78. The molecule has 12 heavy (non-hydrogen) atoms. The maximum atomic E-state index is 4.24. The molecule has 0 atom stereocenters. The quantitative estimate of drug-likeness (QED) is 0.445. The minimum atomic E-state index is 0.0486. The van der Waals surface area contributed by atoms with Gasteiger partial charge in [-0.25, -0.2) is 4.99 Å². The minimum Gasteiger partial charge on any atom is -0.277 e. The van der Waals surface area contributed by atoms with Crippen molar-refractivity contribution in [3.63, 3.8) is 0 Å². The summed E-state index contributed by atoms with van der Waals surface area (Å²) in [6.07, 6.45) is 1.56. The molecule has 68 valence electrons. The lowest BCUT2D eigenvalue weighted by Gasteiger charge is -2.20. The van der Waals surface area contributed by atoms with Crippen molar-refractivity contribution >= 4 is 12.1 Å². The van der Waals surface area contributed by atoms with Crippen molar-refractivity contribution in [2.45, 2.75) is 27.7 Å². The van der Waals surface area contributed by atoms with E-state index in [4.69, 9.17) is 0 Å². The fourth-order valence-electron chi connectivity index (χ4n) is 1.06.